The third-order valence-corrected chi connectivity index (χ3v) is 20.9. The molecule has 0 aromatic heterocycles. The smallest absolute Gasteiger partial charge is 0.313 e. The molecule has 0 aromatic rings. The fourth-order valence-electron chi connectivity index (χ4n) is 21.2. The van der Waals surface area contributed by atoms with E-state index in [4.69, 9.17) is 37.9 Å². The van der Waals surface area contributed by atoms with Crippen molar-refractivity contribution in [1.29, 1.82) is 0 Å². The van der Waals surface area contributed by atoms with Crippen molar-refractivity contribution < 1.29 is 76.3 Å². The molecule has 16 nitrogen and oxygen atoms in total. The summed E-state index contributed by atoms with van der Waals surface area (Å²) in [5, 5.41) is 0. The average molecular weight is 833 g/mol. The van der Waals surface area contributed by atoms with E-state index in [1.54, 1.807) is 0 Å². The van der Waals surface area contributed by atoms with Gasteiger partial charge in [0, 0.05) is 49.4 Å². The summed E-state index contributed by atoms with van der Waals surface area (Å²) in [6.07, 6.45) is 6.03. The third kappa shape index (κ3) is 3.04. The lowest BCUT2D eigenvalue weighted by Crippen LogP contribution is -2.69. The van der Waals surface area contributed by atoms with Crippen LogP contribution in [0.5, 0.6) is 0 Å². The molecule has 0 radical (unpaired) electrons. The van der Waals surface area contributed by atoms with Crippen molar-refractivity contribution in [1.82, 2.24) is 0 Å². The lowest BCUT2D eigenvalue weighted by Gasteiger charge is -2.58. The molecule has 12 saturated carbocycles. The maximum absolute atomic E-state index is 13.6. The van der Waals surface area contributed by atoms with Crippen LogP contribution in [-0.4, -0.2) is 98.6 Å². The molecule has 4 aliphatic heterocycles. The quantitative estimate of drug-likeness (QED) is 0.293. The second-order valence-corrected chi connectivity index (χ2v) is 21.1. The first-order valence-corrected chi connectivity index (χ1v) is 21.9. The van der Waals surface area contributed by atoms with E-state index in [2.05, 4.69) is 0 Å². The van der Waals surface area contributed by atoms with E-state index in [9.17, 15) is 38.4 Å². The Labute approximate surface area is 344 Å². The van der Waals surface area contributed by atoms with E-state index in [1.807, 2.05) is 0 Å². The number of hydrogen-bond donors (Lipinski definition) is 0. The molecule has 16 aliphatic rings. The van der Waals surface area contributed by atoms with E-state index in [0.29, 0.717) is 77.0 Å². The highest BCUT2D eigenvalue weighted by Crippen LogP contribution is 2.98. The van der Waals surface area contributed by atoms with E-state index < -0.39 is 44.1 Å². The van der Waals surface area contributed by atoms with Crippen molar-refractivity contribution >= 4 is 47.8 Å². The summed E-state index contributed by atoms with van der Waals surface area (Å²) in [5.74, 6) is -3.52. The predicted molar refractivity (Wildman–Crippen MR) is 190 cm³/mol. The molecule has 4 spiro atoms. The van der Waals surface area contributed by atoms with Gasteiger partial charge in [-0.1, -0.05) is 0 Å². The zero-order valence-electron chi connectivity index (χ0n) is 33.9. The van der Waals surface area contributed by atoms with E-state index in [-0.39, 0.29) is 119 Å². The Morgan fingerprint density at radius 2 is 0.600 bits per heavy atom. The molecule has 0 aromatic carbocycles. The molecule has 16 bridgehead atoms. The van der Waals surface area contributed by atoms with Crippen LogP contribution in [0.2, 0.25) is 0 Å². The Morgan fingerprint density at radius 3 is 0.750 bits per heavy atom. The van der Waals surface area contributed by atoms with Gasteiger partial charge in [0.2, 0.25) is 0 Å². The molecule has 16 fully saturated rings. The maximum Gasteiger partial charge on any atom is 0.313 e. The first-order valence-electron chi connectivity index (χ1n) is 21.9. The minimum Gasteiger partial charge on any atom is -0.469 e. The number of rotatable bonds is 4. The summed E-state index contributed by atoms with van der Waals surface area (Å²) in [7, 11) is 5.46. The largest absolute Gasteiger partial charge is 0.469 e. The second-order valence-electron chi connectivity index (χ2n) is 21.1. The van der Waals surface area contributed by atoms with Crippen molar-refractivity contribution in [2.75, 3.05) is 28.4 Å². The highest BCUT2D eigenvalue weighted by atomic mass is 16.6. The molecule has 0 amide bonds. The second kappa shape index (κ2) is 10.3. The van der Waals surface area contributed by atoms with Gasteiger partial charge in [0.05, 0.1) is 50.1 Å². The van der Waals surface area contributed by atoms with Crippen LogP contribution in [0.15, 0.2) is 0 Å². The molecule has 320 valence electrons. The number of hydrogen-bond acceptors (Lipinski definition) is 16. The van der Waals surface area contributed by atoms with Crippen LogP contribution in [0.3, 0.4) is 0 Å². The topological polar surface area (TPSA) is 210 Å². The Kier molecular flexibility index (Phi) is 6.27. The lowest BCUT2D eigenvalue weighted by atomic mass is 9.44. The highest BCUT2D eigenvalue weighted by Gasteiger charge is 3.04. The zero-order chi connectivity index (χ0) is 41.7. The summed E-state index contributed by atoms with van der Waals surface area (Å²) in [6.45, 7) is 0. The van der Waals surface area contributed by atoms with Crippen molar-refractivity contribution in [3.05, 3.63) is 0 Å². The average Bonchev–Trinajstić information content (AvgIpc) is 4.07. The normalized spacial score (nSPS) is 57.7. The van der Waals surface area contributed by atoms with Gasteiger partial charge >= 0.3 is 47.8 Å². The number of methoxy groups -OCH3 is 4. The van der Waals surface area contributed by atoms with Crippen molar-refractivity contribution in [3.8, 4) is 0 Å². The van der Waals surface area contributed by atoms with Gasteiger partial charge in [-0.2, -0.15) is 0 Å². The number of carbonyl (C=O) groups excluding carboxylic acids is 8. The Balaban J connectivity index is 0.000000123. The Bertz CT molecular complexity index is 1920. The molecule has 16 heteroatoms. The van der Waals surface area contributed by atoms with Gasteiger partial charge in [0.15, 0.2) is 0 Å². The highest BCUT2D eigenvalue weighted by molar-refractivity contribution is 5.97. The van der Waals surface area contributed by atoms with Gasteiger partial charge in [-0.3, -0.25) is 38.4 Å². The van der Waals surface area contributed by atoms with Gasteiger partial charge < -0.3 is 37.9 Å². The Morgan fingerprint density at radius 1 is 0.400 bits per heavy atom. The van der Waals surface area contributed by atoms with Crippen LogP contribution in [0.4, 0.5) is 0 Å². The molecule has 16 rings (SSSR count). The lowest BCUT2D eigenvalue weighted by molar-refractivity contribution is -0.231. The van der Waals surface area contributed by atoms with Gasteiger partial charge in [-0.15, -0.1) is 0 Å². The molecule has 4 saturated heterocycles. The summed E-state index contributed by atoms with van der Waals surface area (Å²) in [6, 6.07) is 0. The Hall–Kier alpha value is -4.24. The summed E-state index contributed by atoms with van der Waals surface area (Å²) in [4.78, 5) is 103. The molecule has 0 N–H and O–H groups in total. The molecular weight excluding hydrogens is 784 g/mol. The van der Waals surface area contributed by atoms with E-state index in [1.165, 1.54) is 28.4 Å². The summed E-state index contributed by atoms with van der Waals surface area (Å²) in [5.41, 5.74) is -7.02. The standard InChI is InChI=1S/2C22H24O8/c2*1-27-17(25)21-9-7-20(6-4-12(24)30-20)16-13(9)14-10(22(16,21)18(26)28-2)8-19(15(14)21)5-3-11(23)29-19/h2*9-10,13-16H,3-8H2,1-2H3. The fourth-order valence-corrected chi connectivity index (χ4v) is 21.2. The minimum atomic E-state index is -1.07. The third-order valence-electron chi connectivity index (χ3n) is 20.9. The first kappa shape index (κ1) is 36.4. The maximum atomic E-state index is 13.6. The summed E-state index contributed by atoms with van der Waals surface area (Å²) < 4.78 is 45.3. The van der Waals surface area contributed by atoms with Crippen LogP contribution in [-0.2, 0) is 76.3 Å². The molecule has 20 unspecified atom stereocenters. The predicted octanol–water partition coefficient (Wildman–Crippen LogP) is 2.00. The van der Waals surface area contributed by atoms with Crippen LogP contribution in [0, 0.1) is 92.7 Å². The van der Waals surface area contributed by atoms with Gasteiger partial charge in [0.25, 0.3) is 0 Å². The number of esters is 8. The van der Waals surface area contributed by atoms with E-state index in [0.717, 1.165) is 0 Å². The van der Waals surface area contributed by atoms with Crippen molar-refractivity contribution in [2.45, 2.75) is 99.5 Å². The fraction of sp³-hybridized carbons (Fsp3) is 0.818. The molecule has 60 heavy (non-hydrogen) atoms. The molecular formula is C44H48O16. The molecule has 12 aliphatic carbocycles. The zero-order valence-corrected chi connectivity index (χ0v) is 33.9. The van der Waals surface area contributed by atoms with Crippen LogP contribution < -0.4 is 0 Å². The van der Waals surface area contributed by atoms with Gasteiger partial charge in [-0.05, 0) is 98.7 Å². The van der Waals surface area contributed by atoms with Crippen LogP contribution in [0.1, 0.15) is 77.0 Å². The van der Waals surface area contributed by atoms with E-state index >= 15 is 0 Å². The summed E-state index contributed by atoms with van der Waals surface area (Å²) >= 11 is 0. The SMILES string of the molecule is COC(=O)C12C3CC4(CCC(=O)O4)C4C3C3C(CC5(CCC(=O)O5)C31)C42C(=O)OC.COC(=O)C12C3CC4(CCC(=O)O4)C4C3C3C(CC5(CCC(=O)O5)C31)C42C(=O)OC. The molecule has 4 heterocycles. The number of carbonyl (C=O) groups is 8. The van der Waals surface area contributed by atoms with Crippen molar-refractivity contribution in [3.63, 3.8) is 0 Å². The minimum absolute atomic E-state index is 0.0859. The monoisotopic (exact) mass is 832 g/mol. The van der Waals surface area contributed by atoms with Crippen LogP contribution >= 0.6 is 0 Å². The van der Waals surface area contributed by atoms with Crippen LogP contribution in [0.25, 0.3) is 0 Å². The number of ether oxygens (including phenoxy) is 8. The van der Waals surface area contributed by atoms with Gasteiger partial charge in [0.1, 0.15) is 22.4 Å². The first-order chi connectivity index (χ1) is 28.7. The van der Waals surface area contributed by atoms with Gasteiger partial charge in [-0.25, -0.2) is 0 Å². The molecule has 20 atom stereocenters. The van der Waals surface area contributed by atoms with Crippen molar-refractivity contribution in [2.24, 2.45) is 92.7 Å².